The topological polar surface area (TPSA) is 77.7 Å². The van der Waals surface area contributed by atoms with Gasteiger partial charge in [0, 0.05) is 28.9 Å². The Labute approximate surface area is 156 Å². The van der Waals surface area contributed by atoms with Crippen LogP contribution in [-0.4, -0.2) is 44.9 Å². The van der Waals surface area contributed by atoms with Crippen LogP contribution in [0.2, 0.25) is 0 Å². The highest BCUT2D eigenvalue weighted by Crippen LogP contribution is 2.34. The number of benzene rings is 1. The zero-order valence-corrected chi connectivity index (χ0v) is 15.9. The molecule has 0 saturated carbocycles. The molecule has 0 radical (unpaired) electrons. The van der Waals surface area contributed by atoms with Crippen molar-refractivity contribution in [2.45, 2.75) is 23.8 Å². The second-order valence-electron chi connectivity index (χ2n) is 6.36. The number of pyridine rings is 1. The van der Waals surface area contributed by atoms with Crippen molar-refractivity contribution in [3.05, 3.63) is 54.4 Å². The second kappa shape index (κ2) is 6.85. The van der Waals surface area contributed by atoms with E-state index >= 15 is 0 Å². The maximum atomic E-state index is 11.8. The summed E-state index contributed by atoms with van der Waals surface area (Å²) < 4.78 is 25.6. The van der Waals surface area contributed by atoms with Gasteiger partial charge in [-0.25, -0.2) is 8.42 Å². The minimum atomic E-state index is -2.93. The molecular formula is C18H18N4O2S2. The number of nitrogens with zero attached hydrogens (tertiary/aromatic N) is 4. The molecule has 1 aromatic carbocycles. The van der Waals surface area contributed by atoms with Crippen molar-refractivity contribution in [3.8, 4) is 17.1 Å². The quantitative estimate of drug-likeness (QED) is 0.686. The number of aryl methyl sites for hydroxylation is 1. The molecule has 1 aliphatic rings. The van der Waals surface area contributed by atoms with Crippen LogP contribution in [0.25, 0.3) is 17.1 Å². The predicted octanol–water partition coefficient (Wildman–Crippen LogP) is 2.92. The maximum absolute atomic E-state index is 11.8. The first-order valence-corrected chi connectivity index (χ1v) is 11.0. The standard InChI is InChI=1S/C18H18N4O2S2/c1-13-3-2-4-15(11-13)22-17(14-5-8-19-9-6-14)20-21-18(22)25-16-7-10-26(23,24)12-16/h2-6,8-9,11,16H,7,10,12H2,1H3. The largest absolute Gasteiger partial charge is 0.270 e. The van der Waals surface area contributed by atoms with Gasteiger partial charge in [-0.3, -0.25) is 9.55 Å². The van der Waals surface area contributed by atoms with Crippen LogP contribution in [0.15, 0.2) is 53.9 Å². The zero-order valence-electron chi connectivity index (χ0n) is 14.2. The molecule has 2 aromatic heterocycles. The Morgan fingerprint density at radius 1 is 1.15 bits per heavy atom. The minimum absolute atomic E-state index is 0.0121. The van der Waals surface area contributed by atoms with Crippen molar-refractivity contribution in [3.63, 3.8) is 0 Å². The van der Waals surface area contributed by atoms with E-state index < -0.39 is 9.84 Å². The summed E-state index contributed by atoms with van der Waals surface area (Å²) >= 11 is 1.49. The van der Waals surface area contributed by atoms with Gasteiger partial charge in [-0.15, -0.1) is 10.2 Å². The van der Waals surface area contributed by atoms with E-state index in [1.54, 1.807) is 12.4 Å². The monoisotopic (exact) mass is 386 g/mol. The molecule has 6 nitrogen and oxygen atoms in total. The Bertz CT molecular complexity index is 1030. The summed E-state index contributed by atoms with van der Waals surface area (Å²) in [6, 6.07) is 11.9. The third-order valence-corrected chi connectivity index (χ3v) is 7.48. The maximum Gasteiger partial charge on any atom is 0.196 e. The average Bonchev–Trinajstić information content (AvgIpc) is 3.19. The number of thioether (sulfide) groups is 1. The molecule has 3 heterocycles. The van der Waals surface area contributed by atoms with Crippen LogP contribution >= 0.6 is 11.8 Å². The number of aromatic nitrogens is 4. The fraction of sp³-hybridized carbons (Fsp3) is 0.278. The molecule has 3 aromatic rings. The van der Waals surface area contributed by atoms with Crippen LogP contribution < -0.4 is 0 Å². The summed E-state index contributed by atoms with van der Waals surface area (Å²) in [5, 5.41) is 9.48. The van der Waals surface area contributed by atoms with Crippen molar-refractivity contribution >= 4 is 21.6 Å². The van der Waals surface area contributed by atoms with Gasteiger partial charge >= 0.3 is 0 Å². The third-order valence-electron chi connectivity index (χ3n) is 4.29. The molecular weight excluding hydrogens is 368 g/mol. The van der Waals surface area contributed by atoms with Crippen molar-refractivity contribution in [2.75, 3.05) is 11.5 Å². The number of hydrogen-bond donors (Lipinski definition) is 0. The average molecular weight is 387 g/mol. The van der Waals surface area contributed by atoms with Gasteiger partial charge in [-0.2, -0.15) is 0 Å². The molecule has 0 bridgehead atoms. The van der Waals surface area contributed by atoms with Gasteiger partial charge in [0.1, 0.15) is 0 Å². The summed E-state index contributed by atoms with van der Waals surface area (Å²) in [4.78, 5) is 4.06. The smallest absolute Gasteiger partial charge is 0.196 e. The molecule has 0 amide bonds. The van der Waals surface area contributed by atoms with E-state index in [4.69, 9.17) is 0 Å². The highest BCUT2D eigenvalue weighted by atomic mass is 32.2. The minimum Gasteiger partial charge on any atom is -0.270 e. The van der Waals surface area contributed by atoms with Crippen LogP contribution in [0.1, 0.15) is 12.0 Å². The molecule has 1 saturated heterocycles. The molecule has 1 fully saturated rings. The van der Waals surface area contributed by atoms with Crippen LogP contribution in [0, 0.1) is 6.92 Å². The van der Waals surface area contributed by atoms with Crippen LogP contribution in [0.3, 0.4) is 0 Å². The van der Waals surface area contributed by atoms with Gasteiger partial charge in [-0.1, -0.05) is 23.9 Å². The van der Waals surface area contributed by atoms with Gasteiger partial charge in [0.05, 0.1) is 11.5 Å². The van der Waals surface area contributed by atoms with Crippen molar-refractivity contribution in [2.24, 2.45) is 0 Å². The summed E-state index contributed by atoms with van der Waals surface area (Å²) in [5.74, 6) is 1.17. The molecule has 0 spiro atoms. The third kappa shape index (κ3) is 3.52. The fourth-order valence-electron chi connectivity index (χ4n) is 3.04. The highest BCUT2D eigenvalue weighted by molar-refractivity contribution is 8.01. The van der Waals surface area contributed by atoms with Crippen LogP contribution in [0.4, 0.5) is 0 Å². The summed E-state index contributed by atoms with van der Waals surface area (Å²) in [6.07, 6.45) is 4.10. The van der Waals surface area contributed by atoms with E-state index in [0.717, 1.165) is 22.6 Å². The van der Waals surface area contributed by atoms with Gasteiger partial charge in [-0.05, 0) is 43.2 Å². The lowest BCUT2D eigenvalue weighted by Crippen LogP contribution is -2.08. The lowest BCUT2D eigenvalue weighted by atomic mass is 10.2. The predicted molar refractivity (Wildman–Crippen MR) is 102 cm³/mol. The zero-order chi connectivity index (χ0) is 18.1. The Hall–Kier alpha value is -2.19. The first kappa shape index (κ1) is 17.2. The molecule has 8 heteroatoms. The Balaban J connectivity index is 1.78. The van der Waals surface area contributed by atoms with E-state index in [-0.39, 0.29) is 16.8 Å². The number of hydrogen-bond acceptors (Lipinski definition) is 6. The van der Waals surface area contributed by atoms with E-state index in [9.17, 15) is 8.42 Å². The molecule has 134 valence electrons. The van der Waals surface area contributed by atoms with Crippen LogP contribution in [-0.2, 0) is 9.84 Å². The van der Waals surface area contributed by atoms with Crippen LogP contribution in [0.5, 0.6) is 0 Å². The Morgan fingerprint density at radius 2 is 1.96 bits per heavy atom. The van der Waals surface area contributed by atoms with E-state index in [0.29, 0.717) is 11.6 Å². The lowest BCUT2D eigenvalue weighted by Gasteiger charge is -2.12. The molecule has 1 unspecified atom stereocenters. The first-order valence-electron chi connectivity index (χ1n) is 8.32. The highest BCUT2D eigenvalue weighted by Gasteiger charge is 2.30. The van der Waals surface area contributed by atoms with Gasteiger partial charge in [0.2, 0.25) is 0 Å². The summed E-state index contributed by atoms with van der Waals surface area (Å²) in [7, 11) is -2.93. The van der Waals surface area contributed by atoms with E-state index in [1.807, 2.05) is 41.8 Å². The molecule has 0 aliphatic carbocycles. The van der Waals surface area contributed by atoms with E-state index in [1.165, 1.54) is 11.8 Å². The van der Waals surface area contributed by atoms with Crippen molar-refractivity contribution < 1.29 is 8.42 Å². The van der Waals surface area contributed by atoms with Crippen molar-refractivity contribution in [1.29, 1.82) is 0 Å². The summed E-state index contributed by atoms with van der Waals surface area (Å²) in [6.45, 7) is 2.04. The molecule has 1 atom stereocenters. The van der Waals surface area contributed by atoms with Crippen molar-refractivity contribution in [1.82, 2.24) is 19.7 Å². The second-order valence-corrected chi connectivity index (χ2v) is 9.86. The number of sulfone groups is 1. The molecule has 26 heavy (non-hydrogen) atoms. The van der Waals surface area contributed by atoms with E-state index in [2.05, 4.69) is 21.2 Å². The van der Waals surface area contributed by atoms with Gasteiger partial charge < -0.3 is 0 Å². The summed E-state index contributed by atoms with van der Waals surface area (Å²) in [5.41, 5.74) is 3.02. The molecule has 4 rings (SSSR count). The molecule has 1 aliphatic heterocycles. The fourth-order valence-corrected chi connectivity index (χ4v) is 6.54. The Kier molecular flexibility index (Phi) is 4.54. The SMILES string of the molecule is Cc1cccc(-n2c(SC3CCS(=O)(=O)C3)nnc2-c2ccncc2)c1. The number of rotatable bonds is 4. The van der Waals surface area contributed by atoms with Gasteiger partial charge in [0.15, 0.2) is 20.8 Å². The first-order chi connectivity index (χ1) is 12.5. The normalized spacial score (nSPS) is 18.9. The Morgan fingerprint density at radius 3 is 2.65 bits per heavy atom. The lowest BCUT2D eigenvalue weighted by molar-refractivity contribution is 0.602. The molecule has 0 N–H and O–H groups in total. The van der Waals surface area contributed by atoms with Gasteiger partial charge in [0.25, 0.3) is 0 Å².